The topological polar surface area (TPSA) is 76.2 Å². The summed E-state index contributed by atoms with van der Waals surface area (Å²) in [6, 6.07) is 11.7. The van der Waals surface area contributed by atoms with Gasteiger partial charge in [0.2, 0.25) is 5.88 Å². The highest BCUT2D eigenvalue weighted by Gasteiger charge is 2.17. The van der Waals surface area contributed by atoms with Gasteiger partial charge in [-0.05, 0) is 54.7 Å². The van der Waals surface area contributed by atoms with Crippen LogP contribution in [-0.2, 0) is 11.3 Å². The maximum Gasteiger partial charge on any atom is 0.302 e. The maximum atomic E-state index is 12.4. The molecule has 170 valence electrons. The van der Waals surface area contributed by atoms with Crippen LogP contribution in [0.1, 0.15) is 57.1 Å². The van der Waals surface area contributed by atoms with Crippen molar-refractivity contribution in [3.8, 4) is 11.6 Å². The molecule has 0 saturated carbocycles. The van der Waals surface area contributed by atoms with E-state index in [2.05, 4.69) is 46.9 Å². The number of halogens is 1. The summed E-state index contributed by atoms with van der Waals surface area (Å²) >= 11 is 3.47. The van der Waals surface area contributed by atoms with Crippen LogP contribution in [0.15, 0.2) is 51.1 Å². The number of amides is 1. The highest BCUT2D eigenvalue weighted by atomic mass is 79.9. The number of nitrogens with zero attached hydrogens (tertiary/aromatic N) is 3. The van der Waals surface area contributed by atoms with Gasteiger partial charge in [-0.2, -0.15) is 0 Å². The Kier molecular flexibility index (Phi) is 8.07. The number of benzene rings is 2. The number of ether oxygens (including phenoxy) is 1. The summed E-state index contributed by atoms with van der Waals surface area (Å²) in [7, 11) is 0. The normalized spacial score (nSPS) is 11.7. The Balaban J connectivity index is 1.81. The number of fused-ring (bicyclic) bond motifs is 1. The van der Waals surface area contributed by atoms with Crippen molar-refractivity contribution >= 4 is 38.4 Å². The van der Waals surface area contributed by atoms with Gasteiger partial charge in [0.15, 0.2) is 12.3 Å². The SMILES string of the molecule is CCCCCn1c(O)c(N=NC(=O)COc2cc(C)ccc2C(C)C)c2cc(Br)ccc21. The van der Waals surface area contributed by atoms with Crippen molar-refractivity contribution in [2.45, 2.75) is 59.4 Å². The van der Waals surface area contributed by atoms with E-state index in [4.69, 9.17) is 4.74 Å². The van der Waals surface area contributed by atoms with E-state index in [0.717, 1.165) is 45.8 Å². The zero-order chi connectivity index (χ0) is 23.3. The van der Waals surface area contributed by atoms with Crippen LogP contribution in [0.4, 0.5) is 5.69 Å². The monoisotopic (exact) mass is 499 g/mol. The molecule has 1 amide bonds. The Morgan fingerprint density at radius 2 is 1.97 bits per heavy atom. The van der Waals surface area contributed by atoms with Crippen molar-refractivity contribution in [1.29, 1.82) is 0 Å². The molecule has 1 aromatic heterocycles. The third kappa shape index (κ3) is 5.57. The number of aromatic hydroxyl groups is 1. The van der Waals surface area contributed by atoms with Gasteiger partial charge < -0.3 is 14.4 Å². The minimum Gasteiger partial charge on any atom is -0.493 e. The summed E-state index contributed by atoms with van der Waals surface area (Å²) < 4.78 is 8.45. The molecule has 0 aliphatic heterocycles. The lowest BCUT2D eigenvalue weighted by atomic mass is 10.0. The fraction of sp³-hybridized carbons (Fsp3) is 0.400. The van der Waals surface area contributed by atoms with Crippen LogP contribution in [-0.4, -0.2) is 22.2 Å². The predicted molar refractivity (Wildman–Crippen MR) is 131 cm³/mol. The fourth-order valence-electron chi connectivity index (χ4n) is 3.66. The standard InChI is InChI=1S/C25H30BrN3O3/c1-5-6-7-12-29-21-11-9-18(26)14-20(21)24(25(29)31)28-27-23(30)15-32-22-13-17(4)8-10-19(22)16(2)3/h8-11,13-14,16,31H,5-7,12,15H2,1-4H3. The first-order chi connectivity index (χ1) is 15.3. The molecule has 0 fully saturated rings. The number of rotatable bonds is 9. The van der Waals surface area contributed by atoms with Crippen molar-refractivity contribution in [1.82, 2.24) is 4.57 Å². The third-order valence-corrected chi connectivity index (χ3v) is 5.85. The highest BCUT2D eigenvalue weighted by Crippen LogP contribution is 2.40. The molecule has 0 radical (unpaired) electrons. The van der Waals surface area contributed by atoms with Crippen molar-refractivity contribution in [3.63, 3.8) is 0 Å². The molecule has 1 N–H and O–H groups in total. The lowest BCUT2D eigenvalue weighted by Gasteiger charge is -2.13. The zero-order valence-electron chi connectivity index (χ0n) is 19.1. The maximum absolute atomic E-state index is 12.4. The van der Waals surface area contributed by atoms with Crippen LogP contribution in [0.5, 0.6) is 11.6 Å². The van der Waals surface area contributed by atoms with Crippen molar-refractivity contribution < 1.29 is 14.6 Å². The molecule has 6 nitrogen and oxygen atoms in total. The van der Waals surface area contributed by atoms with Gasteiger partial charge >= 0.3 is 5.91 Å². The van der Waals surface area contributed by atoms with Gasteiger partial charge in [-0.3, -0.25) is 4.79 Å². The van der Waals surface area contributed by atoms with E-state index in [1.165, 1.54) is 0 Å². The smallest absolute Gasteiger partial charge is 0.302 e. The molecular formula is C25H30BrN3O3. The predicted octanol–water partition coefficient (Wildman–Crippen LogP) is 7.42. The van der Waals surface area contributed by atoms with Crippen molar-refractivity contribution in [2.75, 3.05) is 6.61 Å². The first-order valence-corrected chi connectivity index (χ1v) is 11.8. The third-order valence-electron chi connectivity index (χ3n) is 5.36. The molecule has 0 spiro atoms. The van der Waals surface area contributed by atoms with E-state index in [1.54, 1.807) is 0 Å². The first kappa shape index (κ1) is 24.0. The molecule has 0 atom stereocenters. The van der Waals surface area contributed by atoms with Gasteiger partial charge in [0.05, 0.1) is 5.52 Å². The number of aromatic nitrogens is 1. The van der Waals surface area contributed by atoms with Crippen molar-refractivity contribution in [2.24, 2.45) is 10.2 Å². The zero-order valence-corrected chi connectivity index (χ0v) is 20.6. The number of carbonyl (C=O) groups is 1. The van der Waals surface area contributed by atoms with Gasteiger partial charge in [0.25, 0.3) is 0 Å². The Bertz CT molecular complexity index is 1140. The second-order valence-corrected chi connectivity index (χ2v) is 9.19. The average Bonchev–Trinajstić information content (AvgIpc) is 3.01. The number of hydrogen-bond acceptors (Lipinski definition) is 4. The molecule has 1 heterocycles. The van der Waals surface area contributed by atoms with Gasteiger partial charge in [0, 0.05) is 16.4 Å². The van der Waals surface area contributed by atoms with E-state index in [1.807, 2.05) is 47.9 Å². The lowest BCUT2D eigenvalue weighted by Crippen LogP contribution is -2.09. The summed E-state index contributed by atoms with van der Waals surface area (Å²) in [5.41, 5.74) is 3.26. The number of aryl methyl sites for hydroxylation is 2. The summed E-state index contributed by atoms with van der Waals surface area (Å²) in [6.07, 6.45) is 3.10. The molecule has 0 aliphatic carbocycles. The molecule has 7 heteroatoms. The van der Waals surface area contributed by atoms with E-state index in [9.17, 15) is 9.90 Å². The van der Waals surface area contributed by atoms with Gasteiger partial charge in [0.1, 0.15) is 5.75 Å². The van der Waals surface area contributed by atoms with E-state index in [0.29, 0.717) is 18.0 Å². The molecule has 0 bridgehead atoms. The van der Waals surface area contributed by atoms with Crippen LogP contribution in [0.25, 0.3) is 10.9 Å². The quantitative estimate of drug-likeness (QED) is 0.245. The van der Waals surface area contributed by atoms with E-state index >= 15 is 0 Å². The average molecular weight is 500 g/mol. The summed E-state index contributed by atoms with van der Waals surface area (Å²) in [5, 5.41) is 19.5. The molecule has 2 aromatic carbocycles. The molecule has 0 aliphatic rings. The van der Waals surface area contributed by atoms with Crippen LogP contribution in [0.2, 0.25) is 0 Å². The molecule has 3 aromatic rings. The Morgan fingerprint density at radius 1 is 1.19 bits per heavy atom. The molecule has 3 rings (SSSR count). The number of unbranched alkanes of at least 4 members (excludes halogenated alkanes) is 2. The summed E-state index contributed by atoms with van der Waals surface area (Å²) in [6.45, 7) is 8.74. The molecule has 32 heavy (non-hydrogen) atoms. The lowest BCUT2D eigenvalue weighted by molar-refractivity contribution is -0.120. The minimum atomic E-state index is -0.512. The van der Waals surface area contributed by atoms with Gasteiger partial charge in [-0.1, -0.05) is 61.7 Å². The second-order valence-electron chi connectivity index (χ2n) is 8.27. The summed E-state index contributed by atoms with van der Waals surface area (Å²) in [4.78, 5) is 12.4. The molecule has 0 saturated heterocycles. The van der Waals surface area contributed by atoms with Crippen LogP contribution in [0.3, 0.4) is 0 Å². The van der Waals surface area contributed by atoms with Gasteiger partial charge in [-0.15, -0.1) is 10.2 Å². The second kappa shape index (κ2) is 10.8. The number of hydrogen-bond donors (Lipinski definition) is 1. The minimum absolute atomic E-state index is 0.0208. The van der Waals surface area contributed by atoms with Crippen LogP contribution in [0, 0.1) is 6.92 Å². The van der Waals surface area contributed by atoms with Crippen LogP contribution >= 0.6 is 15.9 Å². The van der Waals surface area contributed by atoms with E-state index in [-0.39, 0.29) is 18.4 Å². The highest BCUT2D eigenvalue weighted by molar-refractivity contribution is 9.10. The fourth-order valence-corrected chi connectivity index (χ4v) is 4.02. The molecule has 0 unspecified atom stereocenters. The molecular weight excluding hydrogens is 470 g/mol. The van der Waals surface area contributed by atoms with Crippen molar-refractivity contribution in [3.05, 3.63) is 52.0 Å². The Hall–Kier alpha value is -2.67. The van der Waals surface area contributed by atoms with Crippen LogP contribution < -0.4 is 4.74 Å². The Morgan fingerprint density at radius 3 is 2.69 bits per heavy atom. The van der Waals surface area contributed by atoms with Gasteiger partial charge in [-0.25, -0.2) is 0 Å². The first-order valence-electron chi connectivity index (χ1n) is 11.0. The number of azo groups is 1. The number of carbonyl (C=O) groups excluding carboxylic acids is 1. The largest absolute Gasteiger partial charge is 0.493 e. The van der Waals surface area contributed by atoms with E-state index < -0.39 is 5.91 Å². The summed E-state index contributed by atoms with van der Waals surface area (Å²) in [5.74, 6) is 0.467. The Labute approximate surface area is 197 Å².